The highest BCUT2D eigenvalue weighted by atomic mass is 16.5. The number of hydrogen-bond donors (Lipinski definition) is 2. The molecule has 0 bridgehead atoms. The number of fused-ring (bicyclic) bond motifs is 1. The predicted octanol–water partition coefficient (Wildman–Crippen LogP) is 2.52. The number of nitrogens with one attached hydrogen (secondary N) is 1. The third-order valence-electron chi connectivity index (χ3n) is 3.55. The summed E-state index contributed by atoms with van der Waals surface area (Å²) in [5.74, 6) is 0.0291. The quantitative estimate of drug-likeness (QED) is 0.727. The van der Waals surface area contributed by atoms with Gasteiger partial charge in [-0.2, -0.15) is 0 Å². The molecule has 0 aliphatic carbocycles. The average molecular weight is 324 g/mol. The Balaban J connectivity index is 1.83. The molecule has 122 valence electrons. The summed E-state index contributed by atoms with van der Waals surface area (Å²) in [4.78, 5) is 29.6. The average Bonchev–Trinajstić information content (AvgIpc) is 2.59. The fraction of sp³-hybridized carbons (Fsp3) is 0.167. The first-order chi connectivity index (χ1) is 11.6. The van der Waals surface area contributed by atoms with Crippen LogP contribution in [0.2, 0.25) is 0 Å². The van der Waals surface area contributed by atoms with Crippen molar-refractivity contribution < 1.29 is 14.6 Å². The first-order valence-electron chi connectivity index (χ1n) is 7.53. The summed E-state index contributed by atoms with van der Waals surface area (Å²) in [6.45, 7) is 0.418. The summed E-state index contributed by atoms with van der Waals surface area (Å²) in [5.41, 5.74) is 1.25. The summed E-state index contributed by atoms with van der Waals surface area (Å²) in [5, 5.41) is 9.19. The largest absolute Gasteiger partial charge is 0.489 e. The highest BCUT2D eigenvalue weighted by Gasteiger charge is 2.07. The minimum atomic E-state index is -0.933. The summed E-state index contributed by atoms with van der Waals surface area (Å²) < 4.78 is 5.73. The van der Waals surface area contributed by atoms with Gasteiger partial charge in [0.2, 0.25) is 0 Å². The number of ether oxygens (including phenoxy) is 1. The zero-order valence-corrected chi connectivity index (χ0v) is 12.9. The summed E-state index contributed by atoms with van der Waals surface area (Å²) >= 11 is 0. The highest BCUT2D eigenvalue weighted by Crippen LogP contribution is 2.18. The Bertz CT molecular complexity index is 919. The number of hydrogen-bond acceptors (Lipinski definition) is 4. The molecule has 0 spiro atoms. The normalized spacial score (nSPS) is 10.7. The molecule has 2 N–H and O–H groups in total. The van der Waals surface area contributed by atoms with Gasteiger partial charge in [-0.05, 0) is 17.7 Å². The third-order valence-corrected chi connectivity index (χ3v) is 3.55. The van der Waals surface area contributed by atoms with E-state index in [-0.39, 0.29) is 18.4 Å². The number of aromatic nitrogens is 2. The minimum Gasteiger partial charge on any atom is -0.489 e. The smallest absolute Gasteiger partial charge is 0.303 e. The molecular weight excluding hydrogens is 308 g/mol. The second-order valence-corrected chi connectivity index (χ2v) is 5.36. The zero-order valence-electron chi connectivity index (χ0n) is 12.9. The topological polar surface area (TPSA) is 92.3 Å². The lowest BCUT2D eigenvalue weighted by Gasteiger charge is -2.08. The van der Waals surface area contributed by atoms with Crippen molar-refractivity contribution in [3.05, 3.63) is 70.3 Å². The Morgan fingerprint density at radius 1 is 1.17 bits per heavy atom. The number of rotatable bonds is 6. The summed E-state index contributed by atoms with van der Waals surface area (Å²) in [6.07, 6.45) is 0.0915. The molecule has 0 atom stereocenters. The maximum atomic E-state index is 12.1. The molecule has 3 rings (SSSR count). The van der Waals surface area contributed by atoms with Gasteiger partial charge in [0.05, 0.1) is 17.3 Å². The van der Waals surface area contributed by atoms with Gasteiger partial charge in [-0.1, -0.05) is 30.3 Å². The Kier molecular flexibility index (Phi) is 4.56. The Morgan fingerprint density at radius 2 is 1.96 bits per heavy atom. The van der Waals surface area contributed by atoms with E-state index in [1.807, 2.05) is 30.3 Å². The lowest BCUT2D eigenvalue weighted by Crippen LogP contribution is -2.13. The molecule has 0 fully saturated rings. The first kappa shape index (κ1) is 15.7. The first-order valence-corrected chi connectivity index (χ1v) is 7.53. The molecule has 0 saturated carbocycles. The summed E-state index contributed by atoms with van der Waals surface area (Å²) in [7, 11) is 0. The number of nitrogens with zero attached hydrogens (tertiary/aromatic N) is 1. The number of carbonyl (C=O) groups is 1. The van der Waals surface area contributed by atoms with Crippen molar-refractivity contribution in [3.8, 4) is 5.75 Å². The number of aliphatic carboxylic acids is 1. The van der Waals surface area contributed by atoms with E-state index in [1.54, 1.807) is 18.2 Å². The molecule has 6 heteroatoms. The fourth-order valence-corrected chi connectivity index (χ4v) is 2.34. The maximum Gasteiger partial charge on any atom is 0.303 e. The van der Waals surface area contributed by atoms with Gasteiger partial charge >= 0.3 is 5.97 Å². The van der Waals surface area contributed by atoms with Crippen LogP contribution in [0.5, 0.6) is 5.75 Å². The molecular formula is C18H16N2O4. The summed E-state index contributed by atoms with van der Waals surface area (Å²) in [6, 6.07) is 14.8. The van der Waals surface area contributed by atoms with Gasteiger partial charge in [0, 0.05) is 12.5 Å². The highest BCUT2D eigenvalue weighted by molar-refractivity contribution is 5.79. The molecule has 0 saturated heterocycles. The van der Waals surface area contributed by atoms with Crippen LogP contribution in [0.3, 0.4) is 0 Å². The standard InChI is InChI=1S/C18H16N2O4/c21-17(22)9-8-16-19-15-10-13(6-7-14(15)18(23)20-16)24-11-12-4-2-1-3-5-12/h1-7,10H,8-9,11H2,(H,21,22)(H,19,20,23). The number of aromatic amines is 1. The van der Waals surface area contributed by atoms with Gasteiger partial charge in [0.1, 0.15) is 18.2 Å². The van der Waals surface area contributed by atoms with E-state index >= 15 is 0 Å². The molecule has 6 nitrogen and oxygen atoms in total. The molecule has 0 aliphatic rings. The van der Waals surface area contributed by atoms with Crippen molar-refractivity contribution in [1.82, 2.24) is 9.97 Å². The number of carboxylic acid groups (broad SMARTS) is 1. The van der Waals surface area contributed by atoms with Crippen molar-refractivity contribution in [2.45, 2.75) is 19.4 Å². The van der Waals surface area contributed by atoms with Gasteiger partial charge in [0.25, 0.3) is 5.56 Å². The molecule has 0 aliphatic heterocycles. The third kappa shape index (κ3) is 3.78. The lowest BCUT2D eigenvalue weighted by atomic mass is 10.2. The van der Waals surface area contributed by atoms with Gasteiger partial charge in [0.15, 0.2) is 0 Å². The van der Waals surface area contributed by atoms with Crippen LogP contribution in [-0.4, -0.2) is 21.0 Å². The van der Waals surface area contributed by atoms with E-state index < -0.39 is 5.97 Å². The maximum absolute atomic E-state index is 12.1. The van der Waals surface area contributed by atoms with Crippen LogP contribution in [-0.2, 0) is 17.8 Å². The monoisotopic (exact) mass is 324 g/mol. The second kappa shape index (κ2) is 6.95. The van der Waals surface area contributed by atoms with Crippen molar-refractivity contribution in [3.63, 3.8) is 0 Å². The minimum absolute atomic E-state index is 0.0847. The fourth-order valence-electron chi connectivity index (χ4n) is 2.34. The molecule has 1 heterocycles. The van der Waals surface area contributed by atoms with Crippen LogP contribution in [0.1, 0.15) is 17.8 Å². The molecule has 24 heavy (non-hydrogen) atoms. The van der Waals surface area contributed by atoms with Crippen molar-refractivity contribution in [1.29, 1.82) is 0 Å². The zero-order chi connectivity index (χ0) is 16.9. The van der Waals surface area contributed by atoms with Gasteiger partial charge < -0.3 is 14.8 Å². The molecule has 0 radical (unpaired) electrons. The van der Waals surface area contributed by atoms with Crippen molar-refractivity contribution >= 4 is 16.9 Å². The SMILES string of the molecule is O=C(O)CCc1nc2cc(OCc3ccccc3)ccc2c(=O)[nH]1. The molecule has 2 aromatic carbocycles. The Morgan fingerprint density at radius 3 is 2.71 bits per heavy atom. The van der Waals surface area contributed by atoms with Crippen LogP contribution < -0.4 is 10.3 Å². The van der Waals surface area contributed by atoms with E-state index in [1.165, 1.54) is 0 Å². The van der Waals surface area contributed by atoms with Gasteiger partial charge in [-0.25, -0.2) is 4.98 Å². The second-order valence-electron chi connectivity index (χ2n) is 5.36. The van der Waals surface area contributed by atoms with Crippen LogP contribution in [0.25, 0.3) is 10.9 Å². The number of benzene rings is 2. The van der Waals surface area contributed by atoms with Crippen molar-refractivity contribution in [2.24, 2.45) is 0 Å². The van der Waals surface area contributed by atoms with Gasteiger partial charge in [-0.15, -0.1) is 0 Å². The Labute approximate surface area is 137 Å². The molecule has 0 unspecified atom stereocenters. The van der Waals surface area contributed by atoms with Gasteiger partial charge in [-0.3, -0.25) is 9.59 Å². The van der Waals surface area contributed by atoms with Crippen LogP contribution in [0.15, 0.2) is 53.3 Å². The van der Waals surface area contributed by atoms with Crippen LogP contribution >= 0.6 is 0 Å². The number of aryl methyl sites for hydroxylation is 1. The van der Waals surface area contributed by atoms with E-state index in [2.05, 4.69) is 9.97 Å². The predicted molar refractivity (Wildman–Crippen MR) is 89.1 cm³/mol. The van der Waals surface area contributed by atoms with E-state index in [0.29, 0.717) is 29.1 Å². The Hall–Kier alpha value is -3.15. The van der Waals surface area contributed by atoms with Crippen LogP contribution in [0, 0.1) is 0 Å². The lowest BCUT2D eigenvalue weighted by molar-refractivity contribution is -0.137. The molecule has 3 aromatic rings. The van der Waals surface area contributed by atoms with E-state index in [0.717, 1.165) is 5.56 Å². The molecule has 1 aromatic heterocycles. The number of H-pyrrole nitrogens is 1. The molecule has 0 amide bonds. The van der Waals surface area contributed by atoms with Crippen LogP contribution in [0.4, 0.5) is 0 Å². The van der Waals surface area contributed by atoms with Crippen molar-refractivity contribution in [2.75, 3.05) is 0 Å². The number of carboxylic acids is 1. The van der Waals surface area contributed by atoms with E-state index in [4.69, 9.17) is 9.84 Å². The van der Waals surface area contributed by atoms with E-state index in [9.17, 15) is 9.59 Å².